The molecule has 292 valence electrons. The van der Waals surface area contributed by atoms with E-state index in [1.807, 2.05) is 10.00 Å². The van der Waals surface area contributed by atoms with Gasteiger partial charge in [0.15, 0.2) is 5.82 Å². The highest BCUT2D eigenvalue weighted by Gasteiger charge is 2.42. The molecule has 2 aromatic carbocycles. The summed E-state index contributed by atoms with van der Waals surface area (Å²) < 4.78 is 37.0. The van der Waals surface area contributed by atoms with E-state index in [4.69, 9.17) is 9.84 Å². The van der Waals surface area contributed by atoms with Gasteiger partial charge in [0, 0.05) is 73.9 Å². The SMILES string of the molecule is CCCC(C(=O)NC=O)N1C(=O)c2ccc(Nc3ncc(-c4ccc(N(C)c5nn(C6CCOCC6)c6c5CN(C(C)=O)CC6)cc4C(F)F)nn3)cc2C1=O. The van der Waals surface area contributed by atoms with E-state index in [1.165, 1.54) is 43.5 Å². The molecular formula is C38H40F2N10O6. The highest BCUT2D eigenvalue weighted by molar-refractivity contribution is 6.23. The number of imide groups is 2. The number of anilines is 4. The van der Waals surface area contributed by atoms with Gasteiger partial charge in [-0.05, 0) is 49.6 Å². The third-order valence-corrected chi connectivity index (χ3v) is 10.4. The third-order valence-electron chi connectivity index (χ3n) is 10.4. The number of carbonyl (C=O) groups is 5. The molecule has 56 heavy (non-hydrogen) atoms. The number of alkyl halides is 2. The summed E-state index contributed by atoms with van der Waals surface area (Å²) in [6, 6.07) is 7.96. The second-order valence-electron chi connectivity index (χ2n) is 13.8. The van der Waals surface area contributed by atoms with Crippen LogP contribution in [-0.4, -0.2) is 97.6 Å². The summed E-state index contributed by atoms with van der Waals surface area (Å²) in [6.45, 7) is 5.51. The molecule has 1 saturated heterocycles. The van der Waals surface area contributed by atoms with Gasteiger partial charge >= 0.3 is 0 Å². The lowest BCUT2D eigenvalue weighted by Gasteiger charge is -2.29. The number of fused-ring (bicyclic) bond motifs is 2. The van der Waals surface area contributed by atoms with Crippen LogP contribution in [0.5, 0.6) is 0 Å². The lowest BCUT2D eigenvalue weighted by Crippen LogP contribution is -2.49. The summed E-state index contributed by atoms with van der Waals surface area (Å²) in [5, 5.41) is 18.2. The number of nitrogens with one attached hydrogen (secondary N) is 2. The van der Waals surface area contributed by atoms with Gasteiger partial charge in [0.25, 0.3) is 18.2 Å². The Labute approximate surface area is 320 Å². The van der Waals surface area contributed by atoms with Gasteiger partial charge in [-0.2, -0.15) is 5.10 Å². The molecule has 0 radical (unpaired) electrons. The molecule has 0 spiro atoms. The van der Waals surface area contributed by atoms with Crippen LogP contribution in [0.15, 0.2) is 42.6 Å². The number of carbonyl (C=O) groups excluding carboxylic acids is 5. The molecule has 2 N–H and O–H groups in total. The van der Waals surface area contributed by atoms with Crippen molar-refractivity contribution < 1.29 is 37.5 Å². The van der Waals surface area contributed by atoms with Crippen LogP contribution >= 0.6 is 0 Å². The highest BCUT2D eigenvalue weighted by Crippen LogP contribution is 2.39. The Balaban J connectivity index is 1.11. The van der Waals surface area contributed by atoms with Gasteiger partial charge in [-0.15, -0.1) is 10.2 Å². The summed E-state index contributed by atoms with van der Waals surface area (Å²) in [7, 11) is 1.77. The fourth-order valence-electron chi connectivity index (χ4n) is 7.50. The summed E-state index contributed by atoms with van der Waals surface area (Å²) in [5.74, 6) is -1.57. The molecule has 7 rings (SSSR count). The van der Waals surface area contributed by atoms with Crippen molar-refractivity contribution in [1.29, 1.82) is 0 Å². The van der Waals surface area contributed by atoms with Crippen molar-refractivity contribution in [3.05, 3.63) is 70.5 Å². The van der Waals surface area contributed by atoms with Crippen molar-refractivity contribution in [1.82, 2.24) is 40.1 Å². The van der Waals surface area contributed by atoms with Gasteiger partial charge in [-0.25, -0.2) is 13.8 Å². The minimum Gasteiger partial charge on any atom is -0.381 e. The van der Waals surface area contributed by atoms with Crippen LogP contribution in [0.4, 0.5) is 31.9 Å². The van der Waals surface area contributed by atoms with Crippen LogP contribution in [0.2, 0.25) is 0 Å². The van der Waals surface area contributed by atoms with E-state index in [0.717, 1.165) is 29.0 Å². The molecular weight excluding hydrogens is 730 g/mol. The van der Waals surface area contributed by atoms with E-state index in [1.54, 1.807) is 29.8 Å². The zero-order valence-electron chi connectivity index (χ0n) is 31.0. The number of hydrogen-bond acceptors (Lipinski definition) is 12. The van der Waals surface area contributed by atoms with Crippen molar-refractivity contribution in [2.75, 3.05) is 37.0 Å². The first-order chi connectivity index (χ1) is 27.0. The van der Waals surface area contributed by atoms with E-state index in [0.29, 0.717) is 56.3 Å². The van der Waals surface area contributed by atoms with Crippen LogP contribution in [0.1, 0.15) is 89.5 Å². The minimum absolute atomic E-state index is 0.00371. The molecule has 1 atom stereocenters. The second-order valence-corrected chi connectivity index (χ2v) is 13.8. The van der Waals surface area contributed by atoms with E-state index >= 15 is 0 Å². The van der Waals surface area contributed by atoms with Crippen LogP contribution in [0.3, 0.4) is 0 Å². The average molecular weight is 771 g/mol. The van der Waals surface area contributed by atoms with Crippen molar-refractivity contribution in [2.24, 2.45) is 0 Å². The minimum atomic E-state index is -2.87. The zero-order valence-corrected chi connectivity index (χ0v) is 31.0. The van der Waals surface area contributed by atoms with Gasteiger partial charge in [0.2, 0.25) is 24.2 Å². The highest BCUT2D eigenvalue weighted by atomic mass is 19.3. The molecule has 3 aliphatic heterocycles. The molecule has 0 bridgehead atoms. The quantitative estimate of drug-likeness (QED) is 0.152. The molecule has 18 heteroatoms. The molecule has 5 heterocycles. The van der Waals surface area contributed by atoms with Gasteiger partial charge in [-0.1, -0.05) is 19.4 Å². The second kappa shape index (κ2) is 15.9. The van der Waals surface area contributed by atoms with E-state index in [-0.39, 0.29) is 58.7 Å². The van der Waals surface area contributed by atoms with E-state index in [9.17, 15) is 32.8 Å². The van der Waals surface area contributed by atoms with Gasteiger partial charge in [0.1, 0.15) is 11.7 Å². The number of halogens is 2. The number of benzene rings is 2. The molecule has 1 unspecified atom stereocenters. The molecule has 16 nitrogen and oxygen atoms in total. The summed E-state index contributed by atoms with van der Waals surface area (Å²) in [5.41, 5.74) is 2.81. The predicted octanol–water partition coefficient (Wildman–Crippen LogP) is 4.48. The average Bonchev–Trinajstić information content (AvgIpc) is 3.70. The van der Waals surface area contributed by atoms with Crippen molar-refractivity contribution in [3.63, 3.8) is 0 Å². The first-order valence-electron chi connectivity index (χ1n) is 18.3. The Kier molecular flexibility index (Phi) is 10.8. The predicted molar refractivity (Wildman–Crippen MR) is 198 cm³/mol. The topological polar surface area (TPSA) is 185 Å². The number of hydrogen-bond donors (Lipinski definition) is 2. The van der Waals surface area contributed by atoms with Crippen molar-refractivity contribution in [2.45, 2.75) is 71.0 Å². The monoisotopic (exact) mass is 770 g/mol. The van der Waals surface area contributed by atoms with Gasteiger partial charge in [0.05, 0.1) is 29.9 Å². The maximum absolute atomic E-state index is 14.7. The van der Waals surface area contributed by atoms with Crippen LogP contribution < -0.4 is 15.5 Å². The normalized spacial score (nSPS) is 16.1. The molecule has 0 aliphatic carbocycles. The number of rotatable bonds is 12. The van der Waals surface area contributed by atoms with E-state index < -0.39 is 30.2 Å². The third kappa shape index (κ3) is 7.18. The van der Waals surface area contributed by atoms with Crippen molar-refractivity contribution in [3.8, 4) is 11.3 Å². The lowest BCUT2D eigenvalue weighted by molar-refractivity contribution is -0.130. The smallest absolute Gasteiger partial charge is 0.264 e. The van der Waals surface area contributed by atoms with Gasteiger partial charge < -0.3 is 19.9 Å². The lowest BCUT2D eigenvalue weighted by atomic mass is 10.0. The molecule has 2 aromatic heterocycles. The summed E-state index contributed by atoms with van der Waals surface area (Å²) in [4.78, 5) is 70.8. The van der Waals surface area contributed by atoms with E-state index in [2.05, 4.69) is 20.5 Å². The first kappa shape index (κ1) is 38.1. The maximum atomic E-state index is 14.7. The van der Waals surface area contributed by atoms with Crippen LogP contribution in [0, 0.1) is 0 Å². The molecule has 5 amide bonds. The first-order valence-corrected chi connectivity index (χ1v) is 18.3. The zero-order chi connectivity index (χ0) is 39.7. The van der Waals surface area contributed by atoms with Crippen LogP contribution in [0.25, 0.3) is 11.3 Å². The summed E-state index contributed by atoms with van der Waals surface area (Å²) >= 11 is 0. The Bertz CT molecular complexity index is 2190. The standard InChI is InChI=1S/C38H40F2N10O6/c1-4-5-32(35(53)42-20-51)49-36(54)26-8-6-22(16-28(26)37(49)55)43-38-41-18-30(44-45-38)25-9-7-24(17-27(25)33(39)40)47(3)34-29-19-48(21(2)52)13-10-31(29)50(46-34)23-11-14-56-15-12-23/h6-9,16-18,20,23,32-33H,4-5,10-15,19H2,1-3H3,(H,41,43,45)(H,42,51,53). The summed E-state index contributed by atoms with van der Waals surface area (Å²) in [6.07, 6.45) is 1.52. The fourth-order valence-corrected chi connectivity index (χ4v) is 7.50. The van der Waals surface area contributed by atoms with Crippen LogP contribution in [-0.2, 0) is 32.1 Å². The maximum Gasteiger partial charge on any atom is 0.264 e. The molecule has 0 saturated carbocycles. The number of nitrogens with zero attached hydrogens (tertiary/aromatic N) is 8. The molecule has 3 aliphatic rings. The van der Waals surface area contributed by atoms with Crippen molar-refractivity contribution >= 4 is 53.2 Å². The molecule has 4 aromatic rings. The Morgan fingerprint density at radius 1 is 1.05 bits per heavy atom. The Morgan fingerprint density at radius 2 is 1.80 bits per heavy atom. The number of ether oxygens (including phenoxy) is 1. The fraction of sp³-hybridized carbons (Fsp3) is 0.395. The number of aromatic nitrogens is 5. The largest absolute Gasteiger partial charge is 0.381 e. The number of amides is 5. The Hall–Kier alpha value is -6.17. The molecule has 1 fully saturated rings. The van der Waals surface area contributed by atoms with Gasteiger partial charge in [-0.3, -0.25) is 38.9 Å². The Morgan fingerprint density at radius 3 is 2.48 bits per heavy atom.